The summed E-state index contributed by atoms with van der Waals surface area (Å²) in [5.74, 6) is -2.34. The smallest absolute Gasteiger partial charge is 0.452 e. The second-order valence-corrected chi connectivity index (χ2v) is 8.43. The van der Waals surface area contributed by atoms with Gasteiger partial charge in [0.25, 0.3) is 17.9 Å². The Hall–Kier alpha value is -3.00. The van der Waals surface area contributed by atoms with Crippen LogP contribution < -0.4 is 5.19 Å². The Bertz CT molecular complexity index is 835. The van der Waals surface area contributed by atoms with Gasteiger partial charge in [-0.2, -0.15) is 0 Å². The molecular weight excluding hydrogens is 395 g/mol. The van der Waals surface area contributed by atoms with Crippen molar-refractivity contribution in [3.05, 3.63) is 54.3 Å². The van der Waals surface area contributed by atoms with E-state index in [-0.39, 0.29) is 30.3 Å². The molecule has 154 valence electrons. The summed E-state index contributed by atoms with van der Waals surface area (Å²) in [6.45, 7) is 4.74. The lowest BCUT2D eigenvalue weighted by Gasteiger charge is -2.27. The van der Waals surface area contributed by atoms with Gasteiger partial charge in [0.05, 0.1) is 5.19 Å². The van der Waals surface area contributed by atoms with E-state index in [1.807, 2.05) is 0 Å². The quantitative estimate of drug-likeness (QED) is 0.611. The monoisotopic (exact) mass is 418 g/mol. The zero-order valence-corrected chi connectivity index (χ0v) is 17.6. The summed E-state index contributed by atoms with van der Waals surface area (Å²) in [7, 11) is -4.18. The summed E-state index contributed by atoms with van der Waals surface area (Å²) in [5.41, 5.74) is 1.34. The summed E-state index contributed by atoms with van der Waals surface area (Å²) >= 11 is 0. The highest BCUT2D eigenvalue weighted by molar-refractivity contribution is 6.79. The lowest BCUT2D eigenvalue weighted by atomic mass is 10.1. The van der Waals surface area contributed by atoms with Gasteiger partial charge in [0.15, 0.2) is 0 Å². The maximum Gasteiger partial charge on any atom is 0.742 e. The molecule has 8 heteroatoms. The molecule has 0 saturated carbocycles. The van der Waals surface area contributed by atoms with Crippen molar-refractivity contribution >= 4 is 31.9 Å². The maximum atomic E-state index is 13.5. The number of benzene rings is 2. The number of carbonyl (C=O) groups is 3. The van der Waals surface area contributed by atoms with Gasteiger partial charge in [-0.15, -0.1) is 0 Å². The minimum atomic E-state index is -4.18. The molecule has 0 heterocycles. The molecule has 0 N–H and O–H groups in total. The van der Waals surface area contributed by atoms with Crippen LogP contribution in [-0.4, -0.2) is 26.7 Å². The van der Waals surface area contributed by atoms with Crippen LogP contribution in [0.2, 0.25) is 0 Å². The molecule has 0 aliphatic carbocycles. The van der Waals surface area contributed by atoms with Crippen LogP contribution in [0.1, 0.15) is 40.0 Å². The normalized spacial score (nSPS) is 10.9. The van der Waals surface area contributed by atoms with Crippen molar-refractivity contribution in [3.63, 3.8) is 0 Å². The number of halogens is 1. The Labute approximate surface area is 170 Å². The van der Waals surface area contributed by atoms with E-state index in [0.29, 0.717) is 11.1 Å². The van der Waals surface area contributed by atoms with E-state index in [9.17, 15) is 18.8 Å². The predicted molar refractivity (Wildman–Crippen MR) is 106 cm³/mol. The largest absolute Gasteiger partial charge is 0.742 e. The first kappa shape index (κ1) is 22.3. The molecule has 0 fully saturated rings. The topological polar surface area (TPSA) is 78.9 Å². The Kier molecular flexibility index (Phi) is 7.66. The molecule has 0 radical (unpaired) electrons. The third kappa shape index (κ3) is 5.74. The fraction of sp³-hybridized carbons (Fsp3) is 0.286. The standard InChI is InChI=1S/C21H23FO6Si/c1-4-19(23)26-29(27-20(24)5-2,28-21(25)6-3)18-12-10-15(11-13-18)16-8-7-9-17(22)14-16/h7-14H,4-6H2,1-3H3. The number of hydrogen-bond acceptors (Lipinski definition) is 6. The minimum absolute atomic E-state index is 0.0173. The summed E-state index contributed by atoms with van der Waals surface area (Å²) in [6.07, 6.45) is 0.0520. The van der Waals surface area contributed by atoms with E-state index in [2.05, 4.69) is 0 Å². The van der Waals surface area contributed by atoms with E-state index in [1.165, 1.54) is 12.1 Å². The molecule has 0 bridgehead atoms. The van der Waals surface area contributed by atoms with Crippen molar-refractivity contribution in [3.8, 4) is 11.1 Å². The molecule has 2 aromatic carbocycles. The third-order valence-corrected chi connectivity index (χ3v) is 6.54. The van der Waals surface area contributed by atoms with Crippen molar-refractivity contribution in [2.45, 2.75) is 40.0 Å². The van der Waals surface area contributed by atoms with Crippen LogP contribution in [0.5, 0.6) is 0 Å². The first-order valence-electron chi connectivity index (χ1n) is 9.35. The van der Waals surface area contributed by atoms with Crippen LogP contribution in [0.25, 0.3) is 11.1 Å². The fourth-order valence-corrected chi connectivity index (χ4v) is 4.83. The molecule has 6 nitrogen and oxygen atoms in total. The van der Waals surface area contributed by atoms with Gasteiger partial charge in [-0.1, -0.05) is 57.2 Å². The fourth-order valence-electron chi connectivity index (χ4n) is 2.44. The Morgan fingerprint density at radius 3 is 1.66 bits per heavy atom. The molecule has 0 atom stereocenters. The van der Waals surface area contributed by atoms with Crippen molar-refractivity contribution in [2.75, 3.05) is 0 Å². The molecule has 0 aromatic heterocycles. The number of hydrogen-bond donors (Lipinski definition) is 0. The van der Waals surface area contributed by atoms with Crippen LogP contribution in [0.3, 0.4) is 0 Å². The van der Waals surface area contributed by atoms with E-state index in [0.717, 1.165) is 0 Å². The van der Waals surface area contributed by atoms with E-state index in [4.69, 9.17) is 13.3 Å². The molecule has 2 rings (SSSR count). The highest BCUT2D eigenvalue weighted by Gasteiger charge is 2.55. The lowest BCUT2D eigenvalue weighted by molar-refractivity contribution is -0.149. The van der Waals surface area contributed by atoms with E-state index in [1.54, 1.807) is 57.2 Å². The van der Waals surface area contributed by atoms with Crippen molar-refractivity contribution in [1.82, 2.24) is 0 Å². The van der Waals surface area contributed by atoms with E-state index >= 15 is 0 Å². The molecule has 0 saturated heterocycles. The second-order valence-electron chi connectivity index (χ2n) is 6.13. The number of rotatable bonds is 8. The summed E-state index contributed by atoms with van der Waals surface area (Å²) < 4.78 is 29.8. The SMILES string of the molecule is CCC(=O)O[Si](OC(=O)CC)(OC(=O)CC)c1ccc(-c2cccc(F)c2)cc1. The van der Waals surface area contributed by atoms with Gasteiger partial charge in [0, 0.05) is 19.3 Å². The minimum Gasteiger partial charge on any atom is -0.452 e. The van der Waals surface area contributed by atoms with Gasteiger partial charge in [0.1, 0.15) is 5.82 Å². The zero-order valence-electron chi connectivity index (χ0n) is 16.6. The van der Waals surface area contributed by atoms with Gasteiger partial charge < -0.3 is 13.3 Å². The van der Waals surface area contributed by atoms with E-state index < -0.39 is 26.7 Å². The van der Waals surface area contributed by atoms with Crippen LogP contribution in [-0.2, 0) is 27.7 Å². The highest BCUT2D eigenvalue weighted by atomic mass is 28.4. The Morgan fingerprint density at radius 1 is 0.759 bits per heavy atom. The first-order chi connectivity index (χ1) is 13.8. The highest BCUT2D eigenvalue weighted by Crippen LogP contribution is 2.21. The average Bonchev–Trinajstić information content (AvgIpc) is 2.73. The third-order valence-electron chi connectivity index (χ3n) is 4.01. The molecule has 29 heavy (non-hydrogen) atoms. The van der Waals surface area contributed by atoms with Crippen LogP contribution >= 0.6 is 0 Å². The summed E-state index contributed by atoms with van der Waals surface area (Å²) in [6, 6.07) is 12.5. The van der Waals surface area contributed by atoms with Crippen molar-refractivity contribution in [2.24, 2.45) is 0 Å². The summed E-state index contributed by atoms with van der Waals surface area (Å²) in [4.78, 5) is 36.2. The van der Waals surface area contributed by atoms with Gasteiger partial charge in [-0.3, -0.25) is 14.4 Å². The molecule has 0 aliphatic rings. The Balaban J connectivity index is 2.51. The molecule has 0 aliphatic heterocycles. The van der Waals surface area contributed by atoms with Crippen LogP contribution in [0, 0.1) is 5.82 Å². The molecular formula is C21H23FO6Si. The van der Waals surface area contributed by atoms with Gasteiger partial charge in [-0.25, -0.2) is 4.39 Å². The van der Waals surface area contributed by atoms with Crippen molar-refractivity contribution < 1.29 is 32.1 Å². The molecule has 0 spiro atoms. The second kappa shape index (κ2) is 9.97. The maximum absolute atomic E-state index is 13.5. The lowest BCUT2D eigenvalue weighted by Crippen LogP contribution is -2.59. The average molecular weight is 418 g/mol. The molecule has 0 amide bonds. The van der Waals surface area contributed by atoms with Crippen LogP contribution in [0.4, 0.5) is 4.39 Å². The molecule has 2 aromatic rings. The first-order valence-corrected chi connectivity index (χ1v) is 11.1. The number of carbonyl (C=O) groups excluding carboxylic acids is 3. The Morgan fingerprint density at radius 2 is 1.24 bits per heavy atom. The van der Waals surface area contributed by atoms with Crippen molar-refractivity contribution in [1.29, 1.82) is 0 Å². The van der Waals surface area contributed by atoms with Gasteiger partial charge >= 0.3 is 8.80 Å². The van der Waals surface area contributed by atoms with Crippen LogP contribution in [0.15, 0.2) is 48.5 Å². The summed E-state index contributed by atoms with van der Waals surface area (Å²) in [5, 5.41) is 0.281. The molecule has 0 unspecified atom stereocenters. The van der Waals surface area contributed by atoms with Gasteiger partial charge in [0.2, 0.25) is 0 Å². The predicted octanol–water partition coefficient (Wildman–Crippen LogP) is 3.50. The van der Waals surface area contributed by atoms with Gasteiger partial charge in [-0.05, 0) is 23.3 Å². The zero-order chi connectivity index (χ0) is 21.4.